The Balaban J connectivity index is 1.70. The average Bonchev–Trinajstić information content (AvgIpc) is 2.66. The molecule has 1 aromatic carbocycles. The number of amides is 1. The molecule has 3 rings (SSSR count). The molecule has 2 N–H and O–H groups in total. The SMILES string of the molecule is COC(=O)c1ccc(OC)c(NC(=O)[C@H]2CC[C@H]3OCCN[C@@H]3C2)c1. The second kappa shape index (κ2) is 7.84. The maximum absolute atomic E-state index is 12.7. The summed E-state index contributed by atoms with van der Waals surface area (Å²) in [5.74, 6) is -0.107. The summed E-state index contributed by atoms with van der Waals surface area (Å²) in [6, 6.07) is 5.06. The van der Waals surface area contributed by atoms with Crippen LogP contribution in [-0.4, -0.2) is 51.4 Å². The number of rotatable bonds is 4. The van der Waals surface area contributed by atoms with Gasteiger partial charge < -0.3 is 24.8 Å². The fourth-order valence-electron chi connectivity index (χ4n) is 3.54. The Kier molecular flexibility index (Phi) is 5.55. The fraction of sp³-hybridized carbons (Fsp3) is 0.556. The molecule has 0 radical (unpaired) electrons. The smallest absolute Gasteiger partial charge is 0.337 e. The molecule has 0 bridgehead atoms. The van der Waals surface area contributed by atoms with Gasteiger partial charge in [-0.15, -0.1) is 0 Å². The Labute approximate surface area is 147 Å². The van der Waals surface area contributed by atoms with Gasteiger partial charge in [-0.3, -0.25) is 4.79 Å². The third-order valence-corrected chi connectivity index (χ3v) is 4.88. The van der Waals surface area contributed by atoms with Crippen LogP contribution in [0.4, 0.5) is 5.69 Å². The molecule has 25 heavy (non-hydrogen) atoms. The lowest BCUT2D eigenvalue weighted by Crippen LogP contribution is -2.52. The summed E-state index contributed by atoms with van der Waals surface area (Å²) in [7, 11) is 2.85. The van der Waals surface area contributed by atoms with Crippen molar-refractivity contribution >= 4 is 17.6 Å². The minimum Gasteiger partial charge on any atom is -0.495 e. The van der Waals surface area contributed by atoms with Gasteiger partial charge in [-0.05, 0) is 37.5 Å². The monoisotopic (exact) mass is 348 g/mol. The van der Waals surface area contributed by atoms with Crippen molar-refractivity contribution in [2.45, 2.75) is 31.4 Å². The number of morpholine rings is 1. The largest absolute Gasteiger partial charge is 0.495 e. The molecule has 1 aliphatic carbocycles. The Bertz CT molecular complexity index is 648. The Morgan fingerprint density at radius 2 is 2.12 bits per heavy atom. The van der Waals surface area contributed by atoms with Crippen LogP contribution in [0, 0.1) is 5.92 Å². The molecule has 1 aromatic rings. The lowest BCUT2D eigenvalue weighted by molar-refractivity contribution is -0.123. The highest BCUT2D eigenvalue weighted by molar-refractivity contribution is 5.97. The molecule has 1 saturated carbocycles. The molecule has 1 amide bonds. The van der Waals surface area contributed by atoms with Crippen LogP contribution in [0.25, 0.3) is 0 Å². The third-order valence-electron chi connectivity index (χ3n) is 4.88. The van der Waals surface area contributed by atoms with Gasteiger partial charge in [0.1, 0.15) is 5.75 Å². The normalized spacial score (nSPS) is 25.6. The molecule has 1 aliphatic heterocycles. The van der Waals surface area contributed by atoms with Gasteiger partial charge in [0.2, 0.25) is 5.91 Å². The zero-order valence-electron chi connectivity index (χ0n) is 14.5. The Hall–Kier alpha value is -2.12. The van der Waals surface area contributed by atoms with Crippen molar-refractivity contribution in [2.75, 3.05) is 32.7 Å². The summed E-state index contributed by atoms with van der Waals surface area (Å²) in [5, 5.41) is 6.34. The van der Waals surface area contributed by atoms with E-state index in [1.807, 2.05) is 0 Å². The number of benzene rings is 1. The van der Waals surface area contributed by atoms with E-state index >= 15 is 0 Å². The van der Waals surface area contributed by atoms with Crippen LogP contribution in [0.2, 0.25) is 0 Å². The van der Waals surface area contributed by atoms with E-state index in [9.17, 15) is 9.59 Å². The van der Waals surface area contributed by atoms with Crippen LogP contribution in [-0.2, 0) is 14.3 Å². The predicted molar refractivity (Wildman–Crippen MR) is 91.8 cm³/mol. The van der Waals surface area contributed by atoms with E-state index in [-0.39, 0.29) is 24.0 Å². The molecule has 0 unspecified atom stereocenters. The second-order valence-electron chi connectivity index (χ2n) is 6.38. The molecule has 0 aromatic heterocycles. The number of nitrogens with one attached hydrogen (secondary N) is 2. The van der Waals surface area contributed by atoms with E-state index < -0.39 is 5.97 Å². The summed E-state index contributed by atoms with van der Waals surface area (Å²) in [5.41, 5.74) is 0.843. The quantitative estimate of drug-likeness (QED) is 0.804. The van der Waals surface area contributed by atoms with Gasteiger partial charge in [0.25, 0.3) is 0 Å². The van der Waals surface area contributed by atoms with Gasteiger partial charge in [-0.25, -0.2) is 4.79 Å². The molecule has 7 heteroatoms. The van der Waals surface area contributed by atoms with E-state index in [1.165, 1.54) is 14.2 Å². The van der Waals surface area contributed by atoms with Crippen LogP contribution in [0.15, 0.2) is 18.2 Å². The number of ether oxygens (including phenoxy) is 3. The molecule has 136 valence electrons. The van der Waals surface area contributed by atoms with Crippen LogP contribution >= 0.6 is 0 Å². The van der Waals surface area contributed by atoms with E-state index in [4.69, 9.17) is 14.2 Å². The molecule has 0 spiro atoms. The minimum atomic E-state index is -0.456. The zero-order chi connectivity index (χ0) is 17.8. The molecule has 3 atom stereocenters. The van der Waals surface area contributed by atoms with Crippen molar-refractivity contribution in [1.82, 2.24) is 5.32 Å². The van der Waals surface area contributed by atoms with Crippen molar-refractivity contribution in [3.05, 3.63) is 23.8 Å². The summed E-state index contributed by atoms with van der Waals surface area (Å²) >= 11 is 0. The second-order valence-corrected chi connectivity index (χ2v) is 6.38. The lowest BCUT2D eigenvalue weighted by atomic mass is 9.82. The van der Waals surface area contributed by atoms with Gasteiger partial charge in [0.05, 0.1) is 38.2 Å². The standard InChI is InChI=1S/C18H24N2O5/c1-23-15-5-4-12(18(22)24-2)10-14(15)20-17(21)11-3-6-16-13(9-11)19-7-8-25-16/h4-5,10-11,13,16,19H,3,6-9H2,1-2H3,(H,20,21)/t11-,13+,16+/m0/s1. The molecule has 1 saturated heterocycles. The molecular formula is C18H24N2O5. The van der Waals surface area contributed by atoms with E-state index in [2.05, 4.69) is 10.6 Å². The van der Waals surface area contributed by atoms with Crippen molar-refractivity contribution in [1.29, 1.82) is 0 Å². The first-order chi connectivity index (χ1) is 12.1. The van der Waals surface area contributed by atoms with Gasteiger partial charge >= 0.3 is 5.97 Å². The molecule has 2 aliphatic rings. The molecule has 1 heterocycles. The maximum atomic E-state index is 12.7. The number of fused-ring (bicyclic) bond motifs is 1. The number of carbonyl (C=O) groups is 2. The van der Waals surface area contributed by atoms with Crippen molar-refractivity contribution < 1.29 is 23.8 Å². The highest BCUT2D eigenvalue weighted by Crippen LogP contribution is 2.31. The number of hydrogen-bond donors (Lipinski definition) is 2. The fourth-order valence-corrected chi connectivity index (χ4v) is 3.54. The number of hydrogen-bond acceptors (Lipinski definition) is 6. The first-order valence-electron chi connectivity index (χ1n) is 8.54. The van der Waals surface area contributed by atoms with Gasteiger partial charge in [-0.1, -0.05) is 0 Å². The Morgan fingerprint density at radius 1 is 1.28 bits per heavy atom. The van der Waals surface area contributed by atoms with E-state index in [0.717, 1.165) is 32.4 Å². The number of methoxy groups -OCH3 is 2. The molecular weight excluding hydrogens is 324 g/mol. The summed E-state index contributed by atoms with van der Waals surface area (Å²) in [6.07, 6.45) is 2.60. The van der Waals surface area contributed by atoms with Crippen LogP contribution in [0.5, 0.6) is 5.75 Å². The van der Waals surface area contributed by atoms with Crippen LogP contribution < -0.4 is 15.4 Å². The van der Waals surface area contributed by atoms with Gasteiger partial charge in [0, 0.05) is 18.5 Å². The summed E-state index contributed by atoms with van der Waals surface area (Å²) in [6.45, 7) is 1.56. The zero-order valence-corrected chi connectivity index (χ0v) is 14.5. The molecule has 2 fully saturated rings. The van der Waals surface area contributed by atoms with Crippen LogP contribution in [0.3, 0.4) is 0 Å². The predicted octanol–water partition coefficient (Wildman–Crippen LogP) is 1.58. The maximum Gasteiger partial charge on any atom is 0.337 e. The number of esters is 1. The first kappa shape index (κ1) is 17.7. The van der Waals surface area contributed by atoms with Crippen molar-refractivity contribution in [3.8, 4) is 5.75 Å². The highest BCUT2D eigenvalue weighted by Gasteiger charge is 2.36. The molecule has 7 nitrogen and oxygen atoms in total. The Morgan fingerprint density at radius 3 is 2.88 bits per heavy atom. The lowest BCUT2D eigenvalue weighted by Gasteiger charge is -2.39. The average molecular weight is 348 g/mol. The summed E-state index contributed by atoms with van der Waals surface area (Å²) in [4.78, 5) is 24.4. The number of carbonyl (C=O) groups excluding carboxylic acids is 2. The topological polar surface area (TPSA) is 85.9 Å². The van der Waals surface area contributed by atoms with Crippen molar-refractivity contribution in [3.63, 3.8) is 0 Å². The van der Waals surface area contributed by atoms with Crippen LogP contribution in [0.1, 0.15) is 29.6 Å². The first-order valence-corrected chi connectivity index (χ1v) is 8.54. The minimum absolute atomic E-state index is 0.0638. The summed E-state index contributed by atoms with van der Waals surface area (Å²) < 4.78 is 15.8. The van der Waals surface area contributed by atoms with Gasteiger partial charge in [-0.2, -0.15) is 0 Å². The van der Waals surface area contributed by atoms with E-state index in [1.54, 1.807) is 18.2 Å². The van der Waals surface area contributed by atoms with Gasteiger partial charge in [0.15, 0.2) is 0 Å². The number of anilines is 1. The van der Waals surface area contributed by atoms with Crippen molar-refractivity contribution in [2.24, 2.45) is 5.92 Å². The highest BCUT2D eigenvalue weighted by atomic mass is 16.5. The third kappa shape index (κ3) is 3.93. The van der Waals surface area contributed by atoms with E-state index in [0.29, 0.717) is 17.0 Å².